The second-order valence-electron chi connectivity index (χ2n) is 3.11. The van der Waals surface area contributed by atoms with Crippen LogP contribution in [0.1, 0.15) is 32.1 Å². The standard InChI is InChI=1S/C10H14O2/c1-2-5-9(11)8-10-6-3-4-7-12-10/h1,10H,3-8H2. The Morgan fingerprint density at radius 1 is 1.58 bits per heavy atom. The van der Waals surface area contributed by atoms with Crippen molar-refractivity contribution in [3.05, 3.63) is 0 Å². The van der Waals surface area contributed by atoms with Gasteiger partial charge in [-0.25, -0.2) is 0 Å². The predicted molar refractivity (Wildman–Crippen MR) is 46.7 cm³/mol. The number of ketones is 1. The first-order valence-corrected chi connectivity index (χ1v) is 4.39. The van der Waals surface area contributed by atoms with Gasteiger partial charge in [-0.1, -0.05) is 5.92 Å². The van der Waals surface area contributed by atoms with Crippen molar-refractivity contribution < 1.29 is 9.53 Å². The molecule has 1 unspecified atom stereocenters. The topological polar surface area (TPSA) is 26.3 Å². The van der Waals surface area contributed by atoms with E-state index >= 15 is 0 Å². The van der Waals surface area contributed by atoms with E-state index in [2.05, 4.69) is 5.92 Å². The van der Waals surface area contributed by atoms with Crippen molar-refractivity contribution in [3.63, 3.8) is 0 Å². The van der Waals surface area contributed by atoms with Crippen LogP contribution in [0, 0.1) is 12.3 Å². The van der Waals surface area contributed by atoms with Gasteiger partial charge in [0.05, 0.1) is 12.5 Å². The predicted octanol–water partition coefficient (Wildman–Crippen LogP) is 1.54. The third-order valence-electron chi connectivity index (χ3n) is 2.03. The minimum absolute atomic E-state index is 0.129. The number of carbonyl (C=O) groups is 1. The molecule has 0 saturated carbocycles. The van der Waals surface area contributed by atoms with Crippen LogP contribution in [0.4, 0.5) is 0 Å². The van der Waals surface area contributed by atoms with E-state index in [1.165, 1.54) is 6.42 Å². The molecule has 2 heteroatoms. The summed E-state index contributed by atoms with van der Waals surface area (Å²) in [6, 6.07) is 0. The highest BCUT2D eigenvalue weighted by Gasteiger charge is 2.16. The molecule has 1 heterocycles. The van der Waals surface area contributed by atoms with Crippen LogP contribution in [-0.4, -0.2) is 18.5 Å². The normalized spacial score (nSPS) is 23.1. The van der Waals surface area contributed by atoms with Crippen molar-refractivity contribution in [1.82, 2.24) is 0 Å². The Bertz CT molecular complexity index is 185. The van der Waals surface area contributed by atoms with E-state index in [1.807, 2.05) is 0 Å². The second kappa shape index (κ2) is 4.95. The molecule has 1 atom stereocenters. The zero-order valence-electron chi connectivity index (χ0n) is 7.21. The molecular formula is C10H14O2. The molecule has 0 aromatic rings. The average Bonchev–Trinajstić information content (AvgIpc) is 2.06. The van der Waals surface area contributed by atoms with Gasteiger partial charge in [-0.15, -0.1) is 6.42 Å². The van der Waals surface area contributed by atoms with Crippen LogP contribution >= 0.6 is 0 Å². The summed E-state index contributed by atoms with van der Waals surface area (Å²) < 4.78 is 5.41. The molecule has 1 aliphatic rings. The van der Waals surface area contributed by atoms with Crippen molar-refractivity contribution in [2.24, 2.45) is 0 Å². The quantitative estimate of drug-likeness (QED) is 0.594. The molecule has 1 fully saturated rings. The third-order valence-corrected chi connectivity index (χ3v) is 2.03. The lowest BCUT2D eigenvalue weighted by molar-refractivity contribution is -0.121. The van der Waals surface area contributed by atoms with Crippen LogP contribution < -0.4 is 0 Å². The summed E-state index contributed by atoms with van der Waals surface area (Å²) in [5, 5.41) is 0. The number of rotatable bonds is 3. The van der Waals surface area contributed by atoms with Crippen LogP contribution in [0.2, 0.25) is 0 Å². The molecule has 0 aromatic heterocycles. The van der Waals surface area contributed by atoms with Gasteiger partial charge in [0.25, 0.3) is 0 Å². The zero-order chi connectivity index (χ0) is 8.81. The van der Waals surface area contributed by atoms with Crippen LogP contribution in [0.25, 0.3) is 0 Å². The van der Waals surface area contributed by atoms with Gasteiger partial charge in [-0.3, -0.25) is 4.79 Å². The van der Waals surface area contributed by atoms with E-state index < -0.39 is 0 Å². The van der Waals surface area contributed by atoms with Crippen LogP contribution in [0.15, 0.2) is 0 Å². The third kappa shape index (κ3) is 3.06. The molecule has 0 aromatic carbocycles. The molecule has 0 spiro atoms. The SMILES string of the molecule is C#CCC(=O)CC1CCCCO1. The lowest BCUT2D eigenvalue weighted by Gasteiger charge is -2.21. The highest BCUT2D eigenvalue weighted by molar-refractivity contribution is 5.81. The smallest absolute Gasteiger partial charge is 0.147 e. The number of hydrogen-bond acceptors (Lipinski definition) is 2. The summed E-state index contributed by atoms with van der Waals surface area (Å²) in [6.07, 6.45) is 9.23. The van der Waals surface area contributed by atoms with Gasteiger partial charge in [0, 0.05) is 13.0 Å². The van der Waals surface area contributed by atoms with Gasteiger partial charge in [0.2, 0.25) is 0 Å². The maximum absolute atomic E-state index is 11.1. The molecular weight excluding hydrogens is 152 g/mol. The number of hydrogen-bond donors (Lipinski definition) is 0. The molecule has 0 N–H and O–H groups in total. The Morgan fingerprint density at radius 3 is 3.00 bits per heavy atom. The molecule has 1 rings (SSSR count). The molecule has 2 nitrogen and oxygen atoms in total. The first kappa shape index (κ1) is 9.28. The molecule has 12 heavy (non-hydrogen) atoms. The Hall–Kier alpha value is -0.810. The summed E-state index contributed by atoms with van der Waals surface area (Å²) in [4.78, 5) is 11.1. The first-order valence-electron chi connectivity index (χ1n) is 4.39. The summed E-state index contributed by atoms with van der Waals surface area (Å²) >= 11 is 0. The van der Waals surface area contributed by atoms with Crippen molar-refractivity contribution in [1.29, 1.82) is 0 Å². The minimum atomic E-state index is 0.129. The van der Waals surface area contributed by atoms with E-state index in [0.717, 1.165) is 19.4 Å². The van der Waals surface area contributed by atoms with Crippen molar-refractivity contribution in [3.8, 4) is 12.3 Å². The highest BCUT2D eigenvalue weighted by Crippen LogP contribution is 2.16. The maximum Gasteiger partial charge on any atom is 0.147 e. The summed E-state index contributed by atoms with van der Waals surface area (Å²) in [6.45, 7) is 0.800. The van der Waals surface area contributed by atoms with Gasteiger partial charge in [0.1, 0.15) is 5.78 Å². The Balaban J connectivity index is 2.21. The first-order chi connectivity index (χ1) is 5.83. The average molecular weight is 166 g/mol. The zero-order valence-corrected chi connectivity index (χ0v) is 7.21. The molecule has 66 valence electrons. The molecule has 0 amide bonds. The number of ether oxygens (including phenoxy) is 1. The van der Waals surface area contributed by atoms with Crippen LogP contribution in [0.3, 0.4) is 0 Å². The Labute approximate surface area is 73.3 Å². The summed E-state index contributed by atoms with van der Waals surface area (Å²) in [5.41, 5.74) is 0. The monoisotopic (exact) mass is 166 g/mol. The van der Waals surface area contributed by atoms with Crippen LogP contribution in [0.5, 0.6) is 0 Å². The summed E-state index contributed by atoms with van der Waals surface area (Å²) in [7, 11) is 0. The van der Waals surface area contributed by atoms with Gasteiger partial charge < -0.3 is 4.74 Å². The van der Waals surface area contributed by atoms with E-state index in [-0.39, 0.29) is 18.3 Å². The Morgan fingerprint density at radius 2 is 2.42 bits per heavy atom. The van der Waals surface area contributed by atoms with Crippen molar-refractivity contribution in [2.45, 2.75) is 38.2 Å². The van der Waals surface area contributed by atoms with Crippen LogP contribution in [-0.2, 0) is 9.53 Å². The minimum Gasteiger partial charge on any atom is -0.378 e. The lowest BCUT2D eigenvalue weighted by atomic mass is 10.0. The van der Waals surface area contributed by atoms with E-state index in [1.54, 1.807) is 0 Å². The lowest BCUT2D eigenvalue weighted by Crippen LogP contribution is -2.22. The van der Waals surface area contributed by atoms with Crippen molar-refractivity contribution in [2.75, 3.05) is 6.61 Å². The van der Waals surface area contributed by atoms with Gasteiger partial charge in [0.15, 0.2) is 0 Å². The fourth-order valence-electron chi connectivity index (χ4n) is 1.41. The fourth-order valence-corrected chi connectivity index (χ4v) is 1.41. The molecule has 1 aliphatic heterocycles. The van der Waals surface area contributed by atoms with Crippen molar-refractivity contribution >= 4 is 5.78 Å². The molecule has 1 saturated heterocycles. The number of carbonyl (C=O) groups excluding carboxylic acids is 1. The summed E-state index contributed by atoms with van der Waals surface area (Å²) in [5.74, 6) is 2.48. The molecule has 0 aliphatic carbocycles. The fraction of sp³-hybridized carbons (Fsp3) is 0.700. The van der Waals surface area contributed by atoms with Gasteiger partial charge in [-0.2, -0.15) is 0 Å². The number of terminal acetylenes is 1. The van der Waals surface area contributed by atoms with Gasteiger partial charge in [-0.05, 0) is 19.3 Å². The van der Waals surface area contributed by atoms with E-state index in [0.29, 0.717) is 6.42 Å². The number of Topliss-reactive ketones (excluding diaryl/α,β-unsaturated/α-hetero) is 1. The Kier molecular flexibility index (Phi) is 3.83. The molecule has 0 radical (unpaired) electrons. The largest absolute Gasteiger partial charge is 0.378 e. The maximum atomic E-state index is 11.1. The van der Waals surface area contributed by atoms with E-state index in [9.17, 15) is 4.79 Å². The highest BCUT2D eigenvalue weighted by atomic mass is 16.5. The molecule has 0 bridgehead atoms. The second-order valence-corrected chi connectivity index (χ2v) is 3.11. The van der Waals surface area contributed by atoms with E-state index in [4.69, 9.17) is 11.2 Å². The van der Waals surface area contributed by atoms with Gasteiger partial charge >= 0.3 is 0 Å².